The maximum atomic E-state index is 14.1. The Kier molecular flexibility index (Phi) is 4.31. The number of phenols is 1. The van der Waals surface area contributed by atoms with E-state index in [2.05, 4.69) is 10.2 Å². The van der Waals surface area contributed by atoms with Gasteiger partial charge in [0, 0.05) is 30.1 Å². The quantitative estimate of drug-likeness (QED) is 0.571. The van der Waals surface area contributed by atoms with E-state index in [4.69, 9.17) is 4.74 Å². The summed E-state index contributed by atoms with van der Waals surface area (Å²) in [6, 6.07) is 17.7. The number of ether oxygens (including phenoxy) is 1. The van der Waals surface area contributed by atoms with Crippen molar-refractivity contribution >= 4 is 22.5 Å². The van der Waals surface area contributed by atoms with Crippen LogP contribution in [0.4, 0.5) is 0 Å². The SMILES string of the molecule is O=C(N[C@@]12CCC(=O)[C@@H]3Oc4c(O)ccc5c4[C@@]31CCN(CC1CC1)[C@@H]2C5)c1ccc2ccccc2c1. The molecular weight excluding hydrogens is 464 g/mol. The Labute approximate surface area is 215 Å². The van der Waals surface area contributed by atoms with E-state index in [9.17, 15) is 14.7 Å². The van der Waals surface area contributed by atoms with Crippen LogP contribution in [0.25, 0.3) is 10.8 Å². The predicted molar refractivity (Wildman–Crippen MR) is 139 cm³/mol. The largest absolute Gasteiger partial charge is 0.504 e. The van der Waals surface area contributed by atoms with Crippen molar-refractivity contribution in [3.05, 3.63) is 71.3 Å². The lowest BCUT2D eigenvalue weighted by Crippen LogP contribution is -2.81. The van der Waals surface area contributed by atoms with Crippen LogP contribution in [0.15, 0.2) is 54.6 Å². The van der Waals surface area contributed by atoms with E-state index in [0.29, 0.717) is 24.2 Å². The van der Waals surface area contributed by atoms with Crippen molar-refractivity contribution in [2.75, 3.05) is 13.1 Å². The molecule has 1 saturated heterocycles. The van der Waals surface area contributed by atoms with Crippen LogP contribution < -0.4 is 10.1 Å². The molecule has 2 N–H and O–H groups in total. The number of likely N-dealkylation sites (tertiary alicyclic amines) is 1. The summed E-state index contributed by atoms with van der Waals surface area (Å²) < 4.78 is 6.35. The first-order valence-electron chi connectivity index (χ1n) is 13.6. The van der Waals surface area contributed by atoms with E-state index < -0.39 is 17.1 Å². The van der Waals surface area contributed by atoms with Gasteiger partial charge < -0.3 is 15.2 Å². The van der Waals surface area contributed by atoms with Crippen molar-refractivity contribution < 1.29 is 19.4 Å². The number of Topliss-reactive ketones (excluding diaryl/α,β-unsaturated/α-hetero) is 1. The molecule has 2 heterocycles. The number of nitrogens with one attached hydrogen (secondary N) is 1. The second kappa shape index (κ2) is 7.35. The molecular formula is C31H30N2O4. The molecule has 3 aliphatic carbocycles. The van der Waals surface area contributed by atoms with Crippen LogP contribution in [0.3, 0.4) is 0 Å². The van der Waals surface area contributed by atoms with Crippen molar-refractivity contribution in [2.45, 2.75) is 61.6 Å². The van der Waals surface area contributed by atoms with Gasteiger partial charge in [-0.25, -0.2) is 0 Å². The molecule has 3 aromatic carbocycles. The Balaban J connectivity index is 1.29. The number of ketones is 1. The number of phenolic OH excluding ortho intramolecular Hbond substituents is 1. The minimum Gasteiger partial charge on any atom is -0.504 e. The number of hydrogen-bond acceptors (Lipinski definition) is 5. The van der Waals surface area contributed by atoms with Gasteiger partial charge in [0.05, 0.1) is 11.0 Å². The van der Waals surface area contributed by atoms with Gasteiger partial charge in [-0.15, -0.1) is 0 Å². The van der Waals surface area contributed by atoms with Gasteiger partial charge >= 0.3 is 0 Å². The molecule has 1 spiro atoms. The third-order valence-electron chi connectivity index (χ3n) is 9.96. The van der Waals surface area contributed by atoms with Crippen molar-refractivity contribution in [2.24, 2.45) is 5.92 Å². The fourth-order valence-corrected chi connectivity index (χ4v) is 8.17. The summed E-state index contributed by atoms with van der Waals surface area (Å²) in [5.74, 6) is 1.24. The molecule has 37 heavy (non-hydrogen) atoms. The molecule has 8 rings (SSSR count). The number of fused-ring (bicyclic) bond motifs is 1. The summed E-state index contributed by atoms with van der Waals surface area (Å²) >= 11 is 0. The lowest BCUT2D eigenvalue weighted by Gasteiger charge is -2.65. The number of piperidine rings is 1. The number of carbonyl (C=O) groups excluding carboxylic acids is 2. The van der Waals surface area contributed by atoms with E-state index in [1.165, 1.54) is 12.8 Å². The van der Waals surface area contributed by atoms with Gasteiger partial charge in [0.15, 0.2) is 23.4 Å². The summed E-state index contributed by atoms with van der Waals surface area (Å²) in [5.41, 5.74) is 1.43. The molecule has 1 amide bonds. The van der Waals surface area contributed by atoms with Crippen LogP contribution in [0.5, 0.6) is 11.5 Å². The van der Waals surface area contributed by atoms with E-state index in [1.54, 1.807) is 6.07 Å². The maximum absolute atomic E-state index is 14.1. The second-order valence-corrected chi connectivity index (χ2v) is 11.8. The van der Waals surface area contributed by atoms with Gasteiger partial charge in [-0.05, 0) is 79.1 Å². The monoisotopic (exact) mass is 494 g/mol. The highest BCUT2D eigenvalue weighted by molar-refractivity contribution is 6.00. The van der Waals surface area contributed by atoms with Gasteiger partial charge in [0.1, 0.15) is 0 Å². The fourth-order valence-electron chi connectivity index (χ4n) is 8.17. The molecule has 2 aliphatic heterocycles. The molecule has 5 aliphatic rings. The summed E-state index contributed by atoms with van der Waals surface area (Å²) in [6.07, 6.45) is 4.32. The molecule has 6 nitrogen and oxygen atoms in total. The van der Waals surface area contributed by atoms with Gasteiger partial charge in [-0.2, -0.15) is 0 Å². The Morgan fingerprint density at radius 1 is 1.08 bits per heavy atom. The second-order valence-electron chi connectivity index (χ2n) is 11.8. The molecule has 0 aromatic heterocycles. The molecule has 188 valence electrons. The first kappa shape index (κ1) is 21.7. The number of aromatic hydroxyl groups is 1. The zero-order chi connectivity index (χ0) is 24.9. The molecule has 0 radical (unpaired) electrons. The van der Waals surface area contributed by atoms with Crippen molar-refractivity contribution in [1.82, 2.24) is 10.2 Å². The zero-order valence-corrected chi connectivity index (χ0v) is 20.7. The van der Waals surface area contributed by atoms with Crippen molar-refractivity contribution in [3.8, 4) is 11.5 Å². The Hall–Kier alpha value is -3.38. The van der Waals surface area contributed by atoms with Gasteiger partial charge in [-0.3, -0.25) is 14.5 Å². The summed E-state index contributed by atoms with van der Waals surface area (Å²) in [5, 5.41) is 16.5. The standard InChI is InChI=1S/C31H30N2O4/c34-23-10-9-21-16-25-31(32-29(36)22-8-7-19-3-1-2-4-20(19)15-22)12-11-24(35)28-30(31,26(21)27(23)37-28)13-14-33(25)17-18-5-6-18/h1-4,7-10,15,18,25,28,34H,5-6,11-14,16-17H2,(H,32,36)/t25-,28+,30+,31-/m1/s1. The molecule has 2 bridgehead atoms. The van der Waals surface area contributed by atoms with Gasteiger partial charge in [0.25, 0.3) is 5.91 Å². The number of benzene rings is 3. The van der Waals surface area contributed by atoms with E-state index in [1.807, 2.05) is 48.5 Å². The number of hydrogen-bond donors (Lipinski definition) is 2. The van der Waals surface area contributed by atoms with Crippen LogP contribution in [-0.4, -0.2) is 52.5 Å². The highest BCUT2D eigenvalue weighted by atomic mass is 16.5. The molecule has 0 unspecified atom stereocenters. The molecule has 6 heteroatoms. The fraction of sp³-hybridized carbons (Fsp3) is 0.419. The van der Waals surface area contributed by atoms with Crippen LogP contribution in [0, 0.1) is 5.92 Å². The molecule has 2 saturated carbocycles. The minimum atomic E-state index is -0.675. The smallest absolute Gasteiger partial charge is 0.251 e. The van der Waals surface area contributed by atoms with Crippen LogP contribution in [0.1, 0.15) is 53.6 Å². The topological polar surface area (TPSA) is 78.9 Å². The first-order chi connectivity index (χ1) is 18.0. The normalized spacial score (nSPS) is 31.6. The van der Waals surface area contributed by atoms with Crippen LogP contribution >= 0.6 is 0 Å². The van der Waals surface area contributed by atoms with Gasteiger partial charge in [0.2, 0.25) is 0 Å². The third-order valence-corrected chi connectivity index (χ3v) is 9.96. The van der Waals surface area contributed by atoms with Crippen LogP contribution in [0.2, 0.25) is 0 Å². The number of rotatable bonds is 4. The lowest BCUT2D eigenvalue weighted by atomic mass is 9.47. The lowest BCUT2D eigenvalue weighted by molar-refractivity contribution is -0.143. The summed E-state index contributed by atoms with van der Waals surface area (Å²) in [7, 11) is 0. The highest BCUT2D eigenvalue weighted by Crippen LogP contribution is 2.65. The van der Waals surface area contributed by atoms with Crippen LogP contribution in [-0.2, 0) is 16.6 Å². The van der Waals surface area contributed by atoms with Crippen molar-refractivity contribution in [3.63, 3.8) is 0 Å². The maximum Gasteiger partial charge on any atom is 0.251 e. The number of nitrogens with zero attached hydrogens (tertiary/aromatic N) is 1. The average Bonchev–Trinajstić information content (AvgIpc) is 3.65. The Morgan fingerprint density at radius 3 is 2.76 bits per heavy atom. The Morgan fingerprint density at radius 2 is 1.92 bits per heavy atom. The number of amides is 1. The van der Waals surface area contributed by atoms with Gasteiger partial charge in [-0.1, -0.05) is 36.4 Å². The van der Waals surface area contributed by atoms with Crippen molar-refractivity contribution in [1.29, 1.82) is 0 Å². The predicted octanol–water partition coefficient (Wildman–Crippen LogP) is 4.12. The van der Waals surface area contributed by atoms with E-state index in [0.717, 1.165) is 53.7 Å². The number of carbonyl (C=O) groups is 2. The summed E-state index contributed by atoms with van der Waals surface area (Å²) in [4.78, 5) is 30.1. The summed E-state index contributed by atoms with van der Waals surface area (Å²) in [6.45, 7) is 1.91. The average molecular weight is 495 g/mol. The zero-order valence-electron chi connectivity index (χ0n) is 20.7. The van der Waals surface area contributed by atoms with E-state index in [-0.39, 0.29) is 23.5 Å². The highest BCUT2D eigenvalue weighted by Gasteiger charge is 2.74. The first-order valence-corrected chi connectivity index (χ1v) is 13.6. The minimum absolute atomic E-state index is 0.0772. The molecule has 3 fully saturated rings. The molecule has 3 aromatic rings. The third kappa shape index (κ3) is 2.79. The Bertz CT molecular complexity index is 1500. The molecule has 4 atom stereocenters. The van der Waals surface area contributed by atoms with E-state index >= 15 is 0 Å².